The number of nitrogens with zero attached hydrogens (tertiary/aromatic N) is 2. The molecule has 2 bridgehead atoms. The molecule has 0 radical (unpaired) electrons. The number of anilines is 1. The Hall–Kier alpha value is -1.84. The van der Waals surface area contributed by atoms with E-state index in [2.05, 4.69) is 22.5 Å². The molecule has 34 heavy (non-hydrogen) atoms. The van der Waals surface area contributed by atoms with E-state index in [0.717, 1.165) is 16.8 Å². The van der Waals surface area contributed by atoms with Gasteiger partial charge in [0.15, 0.2) is 0 Å². The van der Waals surface area contributed by atoms with Gasteiger partial charge in [0.2, 0.25) is 5.91 Å². The predicted octanol–water partition coefficient (Wildman–Crippen LogP) is 3.14. The largest absolute Gasteiger partial charge is 0.481 e. The minimum atomic E-state index is -0.984. The van der Waals surface area contributed by atoms with Crippen molar-refractivity contribution in [2.75, 3.05) is 24.6 Å². The summed E-state index contributed by atoms with van der Waals surface area (Å²) in [5.74, 6) is -3.00. The van der Waals surface area contributed by atoms with Crippen LogP contribution in [0.1, 0.15) is 30.4 Å². The van der Waals surface area contributed by atoms with Crippen molar-refractivity contribution in [1.82, 2.24) is 4.90 Å². The second kappa shape index (κ2) is 9.66. The number of rotatable bonds is 9. The molecule has 3 aliphatic heterocycles. The summed E-state index contributed by atoms with van der Waals surface area (Å²) in [5, 5.41) is 19.1. The zero-order valence-corrected chi connectivity index (χ0v) is 21.8. The highest BCUT2D eigenvalue weighted by Crippen LogP contribution is 2.67. The molecular weight excluding hydrogens is 520 g/mol. The number of aliphatic hydroxyl groups is 1. The first-order valence-electron chi connectivity index (χ1n) is 11.6. The van der Waals surface area contributed by atoms with Gasteiger partial charge < -0.3 is 20.0 Å². The lowest BCUT2D eigenvalue weighted by atomic mass is 9.71. The highest BCUT2D eigenvalue weighted by Gasteiger charge is 2.76. The van der Waals surface area contributed by atoms with E-state index in [-0.39, 0.29) is 35.0 Å². The quantitative estimate of drug-likeness (QED) is 0.278. The number of halogens is 1. The summed E-state index contributed by atoms with van der Waals surface area (Å²) in [6.07, 6.45) is 3.29. The van der Waals surface area contributed by atoms with Crippen LogP contribution in [0.25, 0.3) is 0 Å². The van der Waals surface area contributed by atoms with Gasteiger partial charge in [-0.05, 0) is 50.3 Å². The number of carboxylic acids is 1. The van der Waals surface area contributed by atoms with Crippen molar-refractivity contribution in [1.29, 1.82) is 0 Å². The number of thioether (sulfide) groups is 1. The average molecular weight is 552 g/mol. The number of benzene rings is 1. The number of likely N-dealkylation sites (tertiary alicyclic amines) is 1. The first kappa shape index (κ1) is 25.3. The lowest BCUT2D eigenvalue weighted by molar-refractivity contribution is -0.148. The standard InChI is InChI=1S/C25H31BrN2O5S/c1-4-9-27(17-12-14(2)7-8-15(17)3)23(31)21-25-13-16(26)20(34-25)18(24(32)33)19(25)22(30)28(21)10-5-6-11-29/h4,7-8,12,16,18-21,29H,1,5-6,9-11,13H2,2-3H3,(H,32,33)/t16?,18-,19+,20-,21?,25?/m1/s1. The first-order chi connectivity index (χ1) is 16.2. The fourth-order valence-corrected chi connectivity index (χ4v) is 9.52. The van der Waals surface area contributed by atoms with Crippen molar-refractivity contribution in [3.8, 4) is 0 Å². The number of alkyl halides is 1. The van der Waals surface area contributed by atoms with Gasteiger partial charge in [0.1, 0.15) is 6.04 Å². The Kier molecular flexibility index (Phi) is 7.18. The molecule has 0 aliphatic carbocycles. The van der Waals surface area contributed by atoms with Crippen molar-refractivity contribution in [3.05, 3.63) is 42.0 Å². The van der Waals surface area contributed by atoms with Gasteiger partial charge in [0.25, 0.3) is 5.91 Å². The maximum absolute atomic E-state index is 14.4. The third-order valence-electron chi connectivity index (χ3n) is 7.35. The monoisotopic (exact) mass is 550 g/mol. The molecule has 3 aliphatic rings. The van der Waals surface area contributed by atoms with Crippen LogP contribution in [-0.4, -0.2) is 73.5 Å². The van der Waals surface area contributed by atoms with E-state index in [1.165, 1.54) is 11.8 Å². The van der Waals surface area contributed by atoms with Crippen LogP contribution in [-0.2, 0) is 14.4 Å². The van der Waals surface area contributed by atoms with Gasteiger partial charge in [-0.1, -0.05) is 34.1 Å². The maximum atomic E-state index is 14.4. The Morgan fingerprint density at radius 1 is 1.35 bits per heavy atom. The molecule has 1 spiro atoms. The first-order valence-corrected chi connectivity index (χ1v) is 13.4. The topological polar surface area (TPSA) is 98.2 Å². The molecule has 184 valence electrons. The number of aliphatic hydroxyl groups excluding tert-OH is 1. The molecular formula is C25H31BrN2O5S. The molecule has 4 rings (SSSR count). The van der Waals surface area contributed by atoms with Gasteiger partial charge in [0, 0.05) is 35.5 Å². The van der Waals surface area contributed by atoms with Crippen LogP contribution in [0.4, 0.5) is 5.69 Å². The molecule has 3 saturated heterocycles. The lowest BCUT2D eigenvalue weighted by Crippen LogP contribution is -2.55. The number of unbranched alkanes of at least 4 members (excludes halogenated alkanes) is 1. The molecule has 9 heteroatoms. The summed E-state index contributed by atoms with van der Waals surface area (Å²) in [5.41, 5.74) is 2.73. The summed E-state index contributed by atoms with van der Waals surface area (Å²) in [4.78, 5) is 43.5. The van der Waals surface area contributed by atoms with E-state index in [0.29, 0.717) is 25.8 Å². The van der Waals surface area contributed by atoms with Crippen molar-refractivity contribution >= 4 is 51.2 Å². The van der Waals surface area contributed by atoms with Gasteiger partial charge in [-0.2, -0.15) is 0 Å². The highest BCUT2D eigenvalue weighted by molar-refractivity contribution is 9.09. The maximum Gasteiger partial charge on any atom is 0.308 e. The molecule has 0 saturated carbocycles. The van der Waals surface area contributed by atoms with E-state index in [9.17, 15) is 24.6 Å². The Balaban J connectivity index is 1.80. The minimum Gasteiger partial charge on any atom is -0.481 e. The number of aliphatic carboxylic acids is 1. The molecule has 1 aromatic carbocycles. The normalized spacial score (nSPS) is 31.6. The number of hydrogen-bond donors (Lipinski definition) is 2. The summed E-state index contributed by atoms with van der Waals surface area (Å²) >= 11 is 5.16. The van der Waals surface area contributed by atoms with Gasteiger partial charge in [-0.3, -0.25) is 14.4 Å². The van der Waals surface area contributed by atoms with Crippen molar-refractivity contribution in [2.45, 2.75) is 54.0 Å². The Bertz CT molecular complexity index is 1020. The Morgan fingerprint density at radius 2 is 2.09 bits per heavy atom. The van der Waals surface area contributed by atoms with Crippen molar-refractivity contribution in [2.24, 2.45) is 11.8 Å². The second-order valence-electron chi connectivity index (χ2n) is 9.49. The van der Waals surface area contributed by atoms with Crippen molar-refractivity contribution in [3.63, 3.8) is 0 Å². The van der Waals surface area contributed by atoms with E-state index >= 15 is 0 Å². The number of hydrogen-bond acceptors (Lipinski definition) is 5. The average Bonchev–Trinajstić information content (AvgIpc) is 3.37. The zero-order chi connectivity index (χ0) is 24.8. The van der Waals surface area contributed by atoms with E-state index in [1.54, 1.807) is 15.9 Å². The summed E-state index contributed by atoms with van der Waals surface area (Å²) < 4.78 is -0.799. The van der Waals surface area contributed by atoms with Gasteiger partial charge >= 0.3 is 5.97 Å². The van der Waals surface area contributed by atoms with Crippen molar-refractivity contribution < 1.29 is 24.6 Å². The number of carbonyl (C=O) groups excluding carboxylic acids is 2. The van der Waals surface area contributed by atoms with Crippen LogP contribution in [0.2, 0.25) is 0 Å². The molecule has 6 atom stereocenters. The molecule has 3 heterocycles. The Morgan fingerprint density at radius 3 is 2.74 bits per heavy atom. The molecule has 2 amide bonds. The van der Waals surface area contributed by atoms with E-state index in [1.807, 2.05) is 32.0 Å². The smallest absolute Gasteiger partial charge is 0.308 e. The van der Waals surface area contributed by atoms with Gasteiger partial charge in [-0.15, -0.1) is 18.3 Å². The zero-order valence-electron chi connectivity index (χ0n) is 19.4. The van der Waals surface area contributed by atoms with Gasteiger partial charge in [-0.25, -0.2) is 0 Å². The van der Waals surface area contributed by atoms with E-state index in [4.69, 9.17) is 0 Å². The SMILES string of the molecule is C=CCN(C(=O)C1N(CCCCO)C(=O)[C@@H]2[C@@H](C(=O)O)[C@@H]3SC12CC3Br)c1cc(C)ccc1C. The molecule has 0 aromatic heterocycles. The lowest BCUT2D eigenvalue weighted by Gasteiger charge is -2.38. The van der Waals surface area contributed by atoms with E-state index < -0.39 is 28.6 Å². The summed E-state index contributed by atoms with van der Waals surface area (Å²) in [7, 11) is 0. The van der Waals surface area contributed by atoms with Crippen LogP contribution in [0.15, 0.2) is 30.9 Å². The van der Waals surface area contributed by atoms with Crippen LogP contribution >= 0.6 is 27.7 Å². The third kappa shape index (κ3) is 3.89. The third-order valence-corrected chi connectivity index (χ3v) is 10.6. The highest BCUT2D eigenvalue weighted by atomic mass is 79.9. The van der Waals surface area contributed by atoms with Crippen LogP contribution < -0.4 is 4.90 Å². The second-order valence-corrected chi connectivity index (χ2v) is 12.2. The predicted molar refractivity (Wildman–Crippen MR) is 136 cm³/mol. The number of amides is 2. The minimum absolute atomic E-state index is 0.00165. The Labute approximate surface area is 212 Å². The molecule has 7 nitrogen and oxygen atoms in total. The van der Waals surface area contributed by atoms with Crippen LogP contribution in [0, 0.1) is 25.7 Å². The molecule has 3 fully saturated rings. The number of fused-ring (bicyclic) bond motifs is 1. The van der Waals surface area contributed by atoms with Crippen LogP contribution in [0.3, 0.4) is 0 Å². The summed E-state index contributed by atoms with van der Waals surface area (Å²) in [6.45, 7) is 8.36. The molecule has 2 N–H and O–H groups in total. The summed E-state index contributed by atoms with van der Waals surface area (Å²) in [6, 6.07) is 5.15. The van der Waals surface area contributed by atoms with Crippen LogP contribution in [0.5, 0.6) is 0 Å². The fraction of sp³-hybridized carbons (Fsp3) is 0.560. The number of carboxylic acid groups (broad SMARTS) is 1. The molecule has 3 unspecified atom stereocenters. The van der Waals surface area contributed by atoms with Gasteiger partial charge in [0.05, 0.1) is 16.6 Å². The fourth-order valence-electron chi connectivity index (χ4n) is 5.92. The molecule has 1 aromatic rings. The number of aryl methyl sites for hydroxylation is 2. The number of carbonyl (C=O) groups is 3.